The number of carbonyl (C=O) groups excluding carboxylic acids is 1. The number of halogens is 1. The first-order valence-corrected chi connectivity index (χ1v) is 11.9. The second-order valence-corrected chi connectivity index (χ2v) is 10.2. The largest absolute Gasteiger partial charge is 0.501 e. The Morgan fingerprint density at radius 1 is 0.879 bits per heavy atom. The van der Waals surface area contributed by atoms with Gasteiger partial charge in [0.1, 0.15) is 5.82 Å². The predicted octanol–water partition coefficient (Wildman–Crippen LogP) is 2.88. The molecule has 1 aliphatic heterocycles. The molecule has 176 valence electrons. The normalized spacial score (nSPS) is 27.2. The molecular formula is C25H30FN3O4. The number of benzene rings is 1. The molecule has 0 saturated heterocycles. The van der Waals surface area contributed by atoms with Gasteiger partial charge in [-0.1, -0.05) is 12.1 Å². The van der Waals surface area contributed by atoms with Crippen LogP contribution in [0.4, 0.5) is 4.39 Å². The van der Waals surface area contributed by atoms with Crippen molar-refractivity contribution in [1.82, 2.24) is 14.0 Å². The van der Waals surface area contributed by atoms with Crippen LogP contribution in [0.25, 0.3) is 0 Å². The van der Waals surface area contributed by atoms with E-state index >= 15 is 0 Å². The Morgan fingerprint density at radius 2 is 1.39 bits per heavy atom. The van der Waals surface area contributed by atoms with E-state index in [1.165, 1.54) is 47.8 Å². The van der Waals surface area contributed by atoms with E-state index < -0.39 is 22.9 Å². The molecule has 7 rings (SSSR count). The van der Waals surface area contributed by atoms with Gasteiger partial charge < -0.3 is 10.0 Å². The topological polar surface area (TPSA) is 84.5 Å². The van der Waals surface area contributed by atoms with Crippen molar-refractivity contribution >= 4 is 5.91 Å². The molecule has 1 aromatic carbocycles. The minimum Gasteiger partial charge on any atom is -0.501 e. The van der Waals surface area contributed by atoms with Gasteiger partial charge in [0.25, 0.3) is 11.5 Å². The van der Waals surface area contributed by atoms with Crippen molar-refractivity contribution in [2.45, 2.75) is 51.6 Å². The molecule has 7 nitrogen and oxygen atoms in total. The van der Waals surface area contributed by atoms with E-state index in [1.807, 2.05) is 0 Å². The van der Waals surface area contributed by atoms with Gasteiger partial charge in [0, 0.05) is 26.7 Å². The van der Waals surface area contributed by atoms with E-state index in [0.29, 0.717) is 5.56 Å². The van der Waals surface area contributed by atoms with Crippen LogP contribution >= 0.6 is 0 Å². The first kappa shape index (κ1) is 21.9. The molecule has 0 radical (unpaired) electrons. The average molecular weight is 456 g/mol. The SMILES string of the molecule is C1C2CC3CC1CC(C2)C3.Cn1c(=O)c(O)c2n(c1=O)CCN(Cc1ccc(F)cc1)C2=O. The number of fused-ring (bicyclic) bond motifs is 1. The fourth-order valence-electron chi connectivity index (χ4n) is 6.59. The first-order chi connectivity index (χ1) is 15.8. The molecule has 1 amide bonds. The van der Waals surface area contributed by atoms with Crippen LogP contribution in [0, 0.1) is 29.5 Å². The number of amides is 1. The van der Waals surface area contributed by atoms with Crippen LogP contribution in [-0.2, 0) is 20.1 Å². The number of hydrogen-bond donors (Lipinski definition) is 1. The molecular weight excluding hydrogens is 425 g/mol. The summed E-state index contributed by atoms with van der Waals surface area (Å²) < 4.78 is 14.8. The lowest BCUT2D eigenvalue weighted by molar-refractivity contribution is 0.0198. The van der Waals surface area contributed by atoms with Gasteiger partial charge in [-0.25, -0.2) is 9.18 Å². The third kappa shape index (κ3) is 4.11. The lowest BCUT2D eigenvalue weighted by Gasteiger charge is -2.49. The van der Waals surface area contributed by atoms with Crippen molar-refractivity contribution in [2.75, 3.05) is 6.54 Å². The third-order valence-electron chi connectivity index (χ3n) is 7.89. The molecule has 4 saturated carbocycles. The number of rotatable bonds is 2. The summed E-state index contributed by atoms with van der Waals surface area (Å²) in [5, 5.41) is 9.95. The van der Waals surface area contributed by atoms with Crippen LogP contribution in [0.15, 0.2) is 33.9 Å². The lowest BCUT2D eigenvalue weighted by Crippen LogP contribution is -2.49. The fraction of sp³-hybridized carbons (Fsp3) is 0.560. The Hall–Kier alpha value is -2.90. The number of nitrogens with zero attached hydrogens (tertiary/aromatic N) is 3. The van der Waals surface area contributed by atoms with Crippen LogP contribution in [0.1, 0.15) is 54.6 Å². The van der Waals surface area contributed by atoms with Crippen molar-refractivity contribution in [3.05, 3.63) is 62.2 Å². The number of carbonyl (C=O) groups is 1. The monoisotopic (exact) mass is 455 g/mol. The van der Waals surface area contributed by atoms with Crippen molar-refractivity contribution < 1.29 is 14.3 Å². The molecule has 0 spiro atoms. The van der Waals surface area contributed by atoms with Crippen LogP contribution < -0.4 is 11.2 Å². The van der Waals surface area contributed by atoms with E-state index in [1.54, 1.807) is 50.7 Å². The van der Waals surface area contributed by atoms with E-state index in [9.17, 15) is 23.9 Å². The minimum atomic E-state index is -0.904. The smallest absolute Gasteiger partial charge is 0.331 e. The zero-order chi connectivity index (χ0) is 23.3. The maximum atomic E-state index is 12.9. The Labute approximate surface area is 191 Å². The molecule has 4 aliphatic carbocycles. The second kappa shape index (κ2) is 8.47. The van der Waals surface area contributed by atoms with Crippen molar-refractivity contribution in [2.24, 2.45) is 30.7 Å². The molecule has 5 aliphatic rings. The fourth-order valence-corrected chi connectivity index (χ4v) is 6.59. The Morgan fingerprint density at radius 3 is 1.91 bits per heavy atom. The summed E-state index contributed by atoms with van der Waals surface area (Å²) in [5.74, 6) is 2.99. The Kier molecular flexibility index (Phi) is 5.62. The number of aromatic hydroxyl groups is 1. The molecule has 0 unspecified atom stereocenters. The third-order valence-corrected chi connectivity index (χ3v) is 7.89. The molecule has 33 heavy (non-hydrogen) atoms. The zero-order valence-corrected chi connectivity index (χ0v) is 18.9. The van der Waals surface area contributed by atoms with Crippen LogP contribution in [0.3, 0.4) is 0 Å². The zero-order valence-electron chi connectivity index (χ0n) is 18.9. The van der Waals surface area contributed by atoms with E-state index in [-0.39, 0.29) is 31.1 Å². The van der Waals surface area contributed by atoms with Crippen molar-refractivity contribution in [3.8, 4) is 5.75 Å². The van der Waals surface area contributed by atoms with Gasteiger partial charge in [0.2, 0.25) is 5.75 Å². The minimum absolute atomic E-state index is 0.169. The van der Waals surface area contributed by atoms with Gasteiger partial charge in [-0.05, 0) is 79.9 Å². The van der Waals surface area contributed by atoms with Crippen LogP contribution in [0.5, 0.6) is 5.75 Å². The van der Waals surface area contributed by atoms with Gasteiger partial charge in [-0.2, -0.15) is 0 Å². The highest BCUT2D eigenvalue weighted by molar-refractivity contribution is 5.95. The summed E-state index contributed by atoms with van der Waals surface area (Å²) in [6.07, 6.45) is 9.62. The van der Waals surface area contributed by atoms with Crippen LogP contribution in [-0.4, -0.2) is 31.6 Å². The maximum Gasteiger partial charge on any atom is 0.331 e. The van der Waals surface area contributed by atoms with E-state index in [2.05, 4.69) is 0 Å². The standard InChI is InChI=1S/C15H14FN3O4.C10H16/c1-17-14(22)12(20)11-13(21)18(6-7-19(11)15(17)23)8-9-2-4-10(16)5-3-9;1-7-2-9-4-8(1)5-10(3-7)6-9/h2-5,20H,6-8H2,1H3;7-10H,1-6H2. The van der Waals surface area contributed by atoms with Gasteiger partial charge in [-0.3, -0.25) is 18.7 Å². The number of aromatic nitrogens is 2. The average Bonchev–Trinajstić information content (AvgIpc) is 2.78. The summed E-state index contributed by atoms with van der Waals surface area (Å²) in [6.45, 7) is 0.617. The summed E-state index contributed by atoms with van der Waals surface area (Å²) >= 11 is 0. The molecule has 4 fully saturated rings. The van der Waals surface area contributed by atoms with Crippen LogP contribution in [0.2, 0.25) is 0 Å². The number of hydrogen-bond acceptors (Lipinski definition) is 4. The summed E-state index contributed by atoms with van der Waals surface area (Å²) in [6, 6.07) is 5.67. The maximum absolute atomic E-state index is 12.9. The molecule has 1 N–H and O–H groups in total. The quantitative estimate of drug-likeness (QED) is 0.755. The predicted molar refractivity (Wildman–Crippen MR) is 120 cm³/mol. The highest BCUT2D eigenvalue weighted by Gasteiger charge is 2.41. The lowest BCUT2D eigenvalue weighted by atomic mass is 9.56. The summed E-state index contributed by atoms with van der Waals surface area (Å²) in [7, 11) is 1.24. The molecule has 4 bridgehead atoms. The first-order valence-electron chi connectivity index (χ1n) is 11.9. The molecule has 2 heterocycles. The van der Waals surface area contributed by atoms with Crippen molar-refractivity contribution in [3.63, 3.8) is 0 Å². The van der Waals surface area contributed by atoms with Crippen molar-refractivity contribution in [1.29, 1.82) is 0 Å². The highest BCUT2D eigenvalue weighted by Crippen LogP contribution is 2.53. The van der Waals surface area contributed by atoms with Gasteiger partial charge in [0.05, 0.1) is 0 Å². The molecule has 1 aromatic heterocycles. The van der Waals surface area contributed by atoms with E-state index in [0.717, 1.165) is 9.13 Å². The molecule has 2 aromatic rings. The Balaban J connectivity index is 0.000000186. The van der Waals surface area contributed by atoms with Gasteiger partial charge in [0.15, 0.2) is 5.69 Å². The summed E-state index contributed by atoms with van der Waals surface area (Å²) in [4.78, 5) is 37.7. The highest BCUT2D eigenvalue weighted by atomic mass is 19.1. The van der Waals surface area contributed by atoms with Gasteiger partial charge in [-0.15, -0.1) is 0 Å². The Bertz CT molecular complexity index is 1130. The van der Waals surface area contributed by atoms with Gasteiger partial charge >= 0.3 is 5.69 Å². The van der Waals surface area contributed by atoms with E-state index in [4.69, 9.17) is 0 Å². The second-order valence-electron chi connectivity index (χ2n) is 10.2. The summed E-state index contributed by atoms with van der Waals surface area (Å²) in [5.41, 5.74) is -1.14. The molecule has 8 heteroatoms. The molecule has 0 atom stereocenters.